The summed E-state index contributed by atoms with van der Waals surface area (Å²) >= 11 is 0. The molecule has 1 atom stereocenters. The molecule has 0 aromatic rings. The maximum atomic E-state index is 12.0. The maximum Gasteiger partial charge on any atom is 0.410 e. The van der Waals surface area contributed by atoms with E-state index in [2.05, 4.69) is 5.32 Å². The van der Waals surface area contributed by atoms with Crippen molar-refractivity contribution in [3.05, 3.63) is 0 Å². The Morgan fingerprint density at radius 3 is 2.63 bits per heavy atom. The topological polar surface area (TPSA) is 58.6 Å². The molecule has 0 unspecified atom stereocenters. The van der Waals surface area contributed by atoms with E-state index in [1.807, 2.05) is 27.7 Å². The number of carbonyl (C=O) groups excluding carboxylic acids is 2. The zero-order valence-electron chi connectivity index (χ0n) is 12.5. The standard InChI is InChI=1S/C14H26N2O3/c1-5-7-12(17)15-11-8-6-9-16(10-11)13(18)19-14(2,3)4/h11H,5-10H2,1-4H3,(H,15,17)/t11-/m0/s1. The monoisotopic (exact) mass is 270 g/mol. The van der Waals surface area contributed by atoms with E-state index in [9.17, 15) is 9.59 Å². The summed E-state index contributed by atoms with van der Waals surface area (Å²) in [6.45, 7) is 8.80. The lowest BCUT2D eigenvalue weighted by atomic mass is 10.1. The molecule has 1 aliphatic heterocycles. The normalized spacial score (nSPS) is 20.0. The predicted octanol–water partition coefficient (Wildman–Crippen LogP) is 2.30. The minimum absolute atomic E-state index is 0.0559. The van der Waals surface area contributed by atoms with Crippen molar-refractivity contribution in [3.8, 4) is 0 Å². The fourth-order valence-corrected chi connectivity index (χ4v) is 2.11. The molecule has 1 heterocycles. The van der Waals surface area contributed by atoms with Crippen LogP contribution in [0.1, 0.15) is 53.4 Å². The molecule has 1 N–H and O–H groups in total. The van der Waals surface area contributed by atoms with E-state index in [-0.39, 0.29) is 18.0 Å². The first-order chi connectivity index (χ1) is 8.81. The molecular formula is C14H26N2O3. The van der Waals surface area contributed by atoms with E-state index in [0.717, 1.165) is 19.3 Å². The number of rotatable bonds is 3. The first-order valence-corrected chi connectivity index (χ1v) is 7.09. The molecule has 1 rings (SSSR count). The number of nitrogens with one attached hydrogen (secondary N) is 1. The van der Waals surface area contributed by atoms with Crippen LogP contribution in [0.15, 0.2) is 0 Å². The lowest BCUT2D eigenvalue weighted by molar-refractivity contribution is -0.122. The Kier molecular flexibility index (Phi) is 5.63. The Labute approximate surface area is 115 Å². The van der Waals surface area contributed by atoms with Gasteiger partial charge in [-0.1, -0.05) is 6.92 Å². The van der Waals surface area contributed by atoms with Gasteiger partial charge in [-0.25, -0.2) is 4.79 Å². The Balaban J connectivity index is 2.45. The van der Waals surface area contributed by atoms with Crippen LogP contribution in [0.3, 0.4) is 0 Å². The second kappa shape index (κ2) is 6.78. The van der Waals surface area contributed by atoms with Gasteiger partial charge in [0.2, 0.25) is 5.91 Å². The molecule has 1 fully saturated rings. The van der Waals surface area contributed by atoms with Crippen LogP contribution in [0.2, 0.25) is 0 Å². The van der Waals surface area contributed by atoms with Crippen molar-refractivity contribution < 1.29 is 14.3 Å². The van der Waals surface area contributed by atoms with Gasteiger partial charge in [0, 0.05) is 25.6 Å². The van der Waals surface area contributed by atoms with E-state index >= 15 is 0 Å². The van der Waals surface area contributed by atoms with Crippen LogP contribution in [0, 0.1) is 0 Å². The summed E-state index contributed by atoms with van der Waals surface area (Å²) in [4.78, 5) is 25.2. The Morgan fingerprint density at radius 2 is 2.05 bits per heavy atom. The number of ether oxygens (including phenoxy) is 1. The third kappa shape index (κ3) is 5.94. The van der Waals surface area contributed by atoms with E-state index in [4.69, 9.17) is 4.74 Å². The van der Waals surface area contributed by atoms with Crippen LogP contribution in [0.4, 0.5) is 4.79 Å². The average Bonchev–Trinajstić information content (AvgIpc) is 2.27. The number of hydrogen-bond donors (Lipinski definition) is 1. The molecule has 0 aromatic carbocycles. The number of hydrogen-bond acceptors (Lipinski definition) is 3. The number of carbonyl (C=O) groups is 2. The van der Waals surface area contributed by atoms with Gasteiger partial charge in [0.1, 0.15) is 5.60 Å². The number of piperidine rings is 1. The first kappa shape index (κ1) is 15.8. The molecule has 5 nitrogen and oxygen atoms in total. The number of likely N-dealkylation sites (tertiary alicyclic amines) is 1. The van der Waals surface area contributed by atoms with E-state index in [1.54, 1.807) is 4.90 Å². The van der Waals surface area contributed by atoms with Crippen LogP contribution >= 0.6 is 0 Å². The summed E-state index contributed by atoms with van der Waals surface area (Å²) < 4.78 is 5.35. The van der Waals surface area contributed by atoms with Crippen molar-refractivity contribution in [1.29, 1.82) is 0 Å². The highest BCUT2D eigenvalue weighted by molar-refractivity contribution is 5.76. The fraction of sp³-hybridized carbons (Fsp3) is 0.857. The van der Waals surface area contributed by atoms with E-state index in [0.29, 0.717) is 19.5 Å². The van der Waals surface area contributed by atoms with Gasteiger partial charge in [0.05, 0.1) is 0 Å². The number of nitrogens with zero attached hydrogens (tertiary/aromatic N) is 1. The van der Waals surface area contributed by atoms with Crippen molar-refractivity contribution in [2.24, 2.45) is 0 Å². The zero-order chi connectivity index (χ0) is 14.5. The van der Waals surface area contributed by atoms with Crippen molar-refractivity contribution in [2.45, 2.75) is 65.0 Å². The molecule has 0 aliphatic carbocycles. The lowest BCUT2D eigenvalue weighted by Crippen LogP contribution is -2.50. The zero-order valence-corrected chi connectivity index (χ0v) is 12.5. The molecule has 0 radical (unpaired) electrons. The summed E-state index contributed by atoms with van der Waals surface area (Å²) in [5.74, 6) is 0.0681. The summed E-state index contributed by atoms with van der Waals surface area (Å²) in [5, 5.41) is 2.98. The molecule has 110 valence electrons. The van der Waals surface area contributed by atoms with Gasteiger partial charge in [0.25, 0.3) is 0 Å². The molecule has 0 aromatic heterocycles. The molecule has 2 amide bonds. The maximum absolute atomic E-state index is 12.0. The van der Waals surface area contributed by atoms with Crippen LogP contribution in [0.5, 0.6) is 0 Å². The number of amides is 2. The SMILES string of the molecule is CCCC(=O)N[C@H]1CCCN(C(=O)OC(C)(C)C)C1. The minimum atomic E-state index is -0.477. The van der Waals surface area contributed by atoms with Crippen LogP contribution in [-0.2, 0) is 9.53 Å². The molecular weight excluding hydrogens is 244 g/mol. The van der Waals surface area contributed by atoms with Crippen molar-refractivity contribution in [2.75, 3.05) is 13.1 Å². The highest BCUT2D eigenvalue weighted by atomic mass is 16.6. The lowest BCUT2D eigenvalue weighted by Gasteiger charge is -2.34. The van der Waals surface area contributed by atoms with E-state index in [1.165, 1.54) is 0 Å². The Hall–Kier alpha value is -1.26. The van der Waals surface area contributed by atoms with E-state index < -0.39 is 5.60 Å². The molecule has 1 saturated heterocycles. The van der Waals surface area contributed by atoms with Gasteiger partial charge < -0.3 is 15.0 Å². The van der Waals surface area contributed by atoms with Crippen LogP contribution < -0.4 is 5.32 Å². The molecule has 0 spiro atoms. The summed E-state index contributed by atoms with van der Waals surface area (Å²) in [7, 11) is 0. The van der Waals surface area contributed by atoms with Gasteiger partial charge >= 0.3 is 6.09 Å². The predicted molar refractivity (Wildman–Crippen MR) is 73.9 cm³/mol. The van der Waals surface area contributed by atoms with Gasteiger partial charge in [-0.05, 0) is 40.0 Å². The Morgan fingerprint density at radius 1 is 1.37 bits per heavy atom. The molecule has 0 bridgehead atoms. The Bertz CT molecular complexity index is 323. The minimum Gasteiger partial charge on any atom is -0.444 e. The summed E-state index contributed by atoms with van der Waals surface area (Å²) in [6, 6.07) is 0.0559. The molecule has 5 heteroatoms. The third-order valence-electron chi connectivity index (χ3n) is 2.92. The second-order valence-corrected chi connectivity index (χ2v) is 6.08. The van der Waals surface area contributed by atoms with Crippen molar-refractivity contribution in [3.63, 3.8) is 0 Å². The van der Waals surface area contributed by atoms with Crippen LogP contribution in [0.25, 0.3) is 0 Å². The summed E-state index contributed by atoms with van der Waals surface area (Å²) in [6.07, 6.45) is 2.92. The molecule has 19 heavy (non-hydrogen) atoms. The largest absolute Gasteiger partial charge is 0.444 e. The highest BCUT2D eigenvalue weighted by Crippen LogP contribution is 2.15. The van der Waals surface area contributed by atoms with Gasteiger partial charge in [-0.15, -0.1) is 0 Å². The van der Waals surface area contributed by atoms with Gasteiger partial charge in [0.15, 0.2) is 0 Å². The smallest absolute Gasteiger partial charge is 0.410 e. The quantitative estimate of drug-likeness (QED) is 0.856. The first-order valence-electron chi connectivity index (χ1n) is 7.09. The second-order valence-electron chi connectivity index (χ2n) is 6.08. The fourth-order valence-electron chi connectivity index (χ4n) is 2.11. The van der Waals surface area contributed by atoms with Crippen molar-refractivity contribution in [1.82, 2.24) is 10.2 Å². The van der Waals surface area contributed by atoms with Crippen LogP contribution in [-0.4, -0.2) is 41.6 Å². The van der Waals surface area contributed by atoms with Crippen molar-refractivity contribution >= 4 is 12.0 Å². The average molecular weight is 270 g/mol. The molecule has 1 aliphatic rings. The molecule has 0 saturated carbocycles. The van der Waals surface area contributed by atoms with Gasteiger partial charge in [-0.2, -0.15) is 0 Å². The summed E-state index contributed by atoms with van der Waals surface area (Å²) in [5.41, 5.74) is -0.477. The highest BCUT2D eigenvalue weighted by Gasteiger charge is 2.28. The van der Waals surface area contributed by atoms with Gasteiger partial charge in [-0.3, -0.25) is 4.79 Å². The third-order valence-corrected chi connectivity index (χ3v) is 2.92.